The molecular weight excluding hydrogens is 541 g/mol. The van der Waals surface area contributed by atoms with E-state index in [9.17, 15) is 18.0 Å². The maximum Gasteiger partial charge on any atom is 0.342 e. The largest absolute Gasteiger partial charge is 0.462 e. The van der Waals surface area contributed by atoms with Crippen LogP contribution in [0.2, 0.25) is 0 Å². The highest BCUT2D eigenvalue weighted by Crippen LogP contribution is 2.31. The fourth-order valence-electron chi connectivity index (χ4n) is 4.19. The van der Waals surface area contributed by atoms with Gasteiger partial charge in [0.25, 0.3) is 5.91 Å². The Morgan fingerprint density at radius 1 is 1.12 bits per heavy atom. The Morgan fingerprint density at radius 2 is 1.90 bits per heavy atom. The first kappa shape index (κ1) is 26.6. The van der Waals surface area contributed by atoms with Gasteiger partial charge in [-0.3, -0.25) is 4.79 Å². The van der Waals surface area contributed by atoms with E-state index in [0.29, 0.717) is 27.8 Å². The quantitative estimate of drug-likeness (QED) is 0.276. The standard InChI is InChI=1S/C27H22FN5O6S/c1-3-38-27(35)19-14-30-33(16-9-11-22-18(13-16)25(29)32-39-22)24(19)26(34)31-21-10-8-15(12-20(21)28)17-6-4-5-7-23(17)40(2,36)37/h4-14H,3H2,1-2H3,(H2,29,32)(H,31,34). The van der Waals surface area contributed by atoms with Crippen molar-refractivity contribution in [3.05, 3.63) is 83.9 Å². The number of hydrogen-bond donors (Lipinski definition) is 2. The number of amides is 1. The number of nitrogens with one attached hydrogen (secondary N) is 1. The zero-order valence-electron chi connectivity index (χ0n) is 21.2. The van der Waals surface area contributed by atoms with E-state index >= 15 is 4.39 Å². The summed E-state index contributed by atoms with van der Waals surface area (Å²) >= 11 is 0. The van der Waals surface area contributed by atoms with Crippen LogP contribution in [0.1, 0.15) is 27.8 Å². The molecule has 0 fully saturated rings. The predicted molar refractivity (Wildman–Crippen MR) is 144 cm³/mol. The summed E-state index contributed by atoms with van der Waals surface area (Å²) in [7, 11) is -3.58. The lowest BCUT2D eigenvalue weighted by atomic mass is 10.0. The summed E-state index contributed by atoms with van der Waals surface area (Å²) in [6.45, 7) is 1.67. The van der Waals surface area contributed by atoms with Crippen molar-refractivity contribution in [2.45, 2.75) is 11.8 Å². The molecular formula is C27H22FN5O6S. The lowest BCUT2D eigenvalue weighted by molar-refractivity contribution is 0.0523. The first-order chi connectivity index (χ1) is 19.1. The third-order valence-electron chi connectivity index (χ3n) is 6.02. The topological polar surface area (TPSA) is 159 Å². The van der Waals surface area contributed by atoms with E-state index in [1.165, 1.54) is 29.1 Å². The van der Waals surface area contributed by atoms with Gasteiger partial charge in [0.2, 0.25) is 0 Å². The van der Waals surface area contributed by atoms with Gasteiger partial charge in [-0.25, -0.2) is 22.3 Å². The molecule has 0 bridgehead atoms. The molecule has 0 spiro atoms. The fraction of sp³-hybridized carbons (Fsp3) is 0.111. The van der Waals surface area contributed by atoms with Crippen molar-refractivity contribution in [1.82, 2.24) is 14.9 Å². The molecule has 0 aliphatic rings. The molecule has 1 amide bonds. The van der Waals surface area contributed by atoms with Crippen LogP contribution >= 0.6 is 0 Å². The van der Waals surface area contributed by atoms with Crippen LogP contribution in [0, 0.1) is 5.82 Å². The smallest absolute Gasteiger partial charge is 0.342 e. The number of nitrogens with zero attached hydrogens (tertiary/aromatic N) is 3. The Labute approximate surface area is 227 Å². The normalized spacial score (nSPS) is 11.5. The molecule has 2 aromatic heterocycles. The van der Waals surface area contributed by atoms with Crippen LogP contribution in [0.3, 0.4) is 0 Å². The second kappa shape index (κ2) is 10.3. The number of rotatable bonds is 7. The minimum absolute atomic E-state index is 0.0413. The summed E-state index contributed by atoms with van der Waals surface area (Å²) in [6, 6.07) is 14.8. The van der Waals surface area contributed by atoms with E-state index in [2.05, 4.69) is 15.6 Å². The van der Waals surface area contributed by atoms with E-state index in [4.69, 9.17) is 15.0 Å². The van der Waals surface area contributed by atoms with Crippen molar-refractivity contribution in [2.75, 3.05) is 23.9 Å². The highest BCUT2D eigenvalue weighted by molar-refractivity contribution is 7.90. The molecule has 0 saturated carbocycles. The first-order valence-electron chi connectivity index (χ1n) is 11.9. The monoisotopic (exact) mass is 563 g/mol. The molecule has 0 unspecified atom stereocenters. The van der Waals surface area contributed by atoms with Gasteiger partial charge in [-0.15, -0.1) is 0 Å². The number of nitrogen functional groups attached to an aromatic ring is 1. The molecule has 0 radical (unpaired) electrons. The maximum atomic E-state index is 15.2. The third-order valence-corrected chi connectivity index (χ3v) is 7.18. The Hall–Kier alpha value is -5.04. The van der Waals surface area contributed by atoms with Crippen molar-refractivity contribution >= 4 is 44.2 Å². The van der Waals surface area contributed by atoms with Gasteiger partial charge >= 0.3 is 5.97 Å². The van der Waals surface area contributed by atoms with E-state index < -0.39 is 27.5 Å². The van der Waals surface area contributed by atoms with Crippen LogP contribution in [0.4, 0.5) is 15.9 Å². The molecule has 40 heavy (non-hydrogen) atoms. The number of esters is 1. The van der Waals surface area contributed by atoms with Gasteiger partial charge < -0.3 is 20.3 Å². The molecule has 204 valence electrons. The number of aromatic nitrogens is 3. The SMILES string of the molecule is CCOC(=O)c1cnn(-c2ccc3onc(N)c3c2)c1C(=O)Nc1ccc(-c2ccccc2S(C)(=O)=O)cc1F. The van der Waals surface area contributed by atoms with Crippen LogP contribution in [0.5, 0.6) is 0 Å². The molecule has 2 heterocycles. The predicted octanol–water partition coefficient (Wildman–Crippen LogP) is 4.23. The van der Waals surface area contributed by atoms with Crippen molar-refractivity contribution in [2.24, 2.45) is 0 Å². The van der Waals surface area contributed by atoms with E-state index in [1.54, 1.807) is 43.3 Å². The van der Waals surface area contributed by atoms with Gasteiger partial charge in [0.1, 0.15) is 17.1 Å². The fourth-order valence-corrected chi connectivity index (χ4v) is 5.10. The van der Waals surface area contributed by atoms with Crippen molar-refractivity contribution in [3.8, 4) is 16.8 Å². The number of halogens is 1. The van der Waals surface area contributed by atoms with E-state index in [0.717, 1.165) is 12.3 Å². The molecule has 5 aromatic rings. The molecule has 0 aliphatic heterocycles. The Morgan fingerprint density at radius 3 is 2.62 bits per heavy atom. The van der Waals surface area contributed by atoms with Crippen molar-refractivity contribution < 1.29 is 31.7 Å². The van der Waals surface area contributed by atoms with Crippen LogP contribution in [0.25, 0.3) is 27.8 Å². The molecule has 3 N–H and O–H groups in total. The van der Waals surface area contributed by atoms with Crippen LogP contribution in [-0.4, -0.2) is 48.1 Å². The number of nitrogens with two attached hydrogens (primary N) is 1. The van der Waals surface area contributed by atoms with Crippen LogP contribution < -0.4 is 11.1 Å². The Kier molecular flexibility index (Phi) is 6.81. The average Bonchev–Trinajstić information content (AvgIpc) is 3.53. The number of ether oxygens (including phenoxy) is 1. The van der Waals surface area contributed by atoms with Gasteiger partial charge in [0.15, 0.2) is 21.2 Å². The number of fused-ring (bicyclic) bond motifs is 1. The summed E-state index contributed by atoms with van der Waals surface area (Å²) < 4.78 is 51.0. The van der Waals surface area contributed by atoms with E-state index in [-0.39, 0.29) is 34.3 Å². The minimum atomic E-state index is -3.58. The first-order valence-corrected chi connectivity index (χ1v) is 13.8. The van der Waals surface area contributed by atoms with Crippen molar-refractivity contribution in [1.29, 1.82) is 0 Å². The summed E-state index contributed by atoms with van der Waals surface area (Å²) in [5.41, 5.74) is 6.68. The number of anilines is 2. The van der Waals surface area contributed by atoms with Crippen LogP contribution in [0.15, 0.2) is 76.3 Å². The van der Waals surface area contributed by atoms with Crippen molar-refractivity contribution in [3.63, 3.8) is 0 Å². The van der Waals surface area contributed by atoms with Crippen LogP contribution in [-0.2, 0) is 14.6 Å². The molecule has 5 rings (SSSR count). The third kappa shape index (κ3) is 4.89. The highest BCUT2D eigenvalue weighted by Gasteiger charge is 2.27. The molecule has 0 saturated heterocycles. The summed E-state index contributed by atoms with van der Waals surface area (Å²) in [4.78, 5) is 26.2. The average molecular weight is 564 g/mol. The lowest BCUT2D eigenvalue weighted by Gasteiger charge is -2.13. The molecule has 11 nitrogen and oxygen atoms in total. The number of hydrogen-bond acceptors (Lipinski definition) is 9. The second-order valence-electron chi connectivity index (χ2n) is 8.70. The highest BCUT2D eigenvalue weighted by atomic mass is 32.2. The molecule has 0 aliphatic carbocycles. The number of carbonyl (C=O) groups excluding carboxylic acids is 2. The Bertz CT molecular complexity index is 1900. The second-order valence-corrected chi connectivity index (χ2v) is 10.7. The van der Waals surface area contributed by atoms with Gasteiger partial charge in [0, 0.05) is 11.8 Å². The molecule has 0 atom stereocenters. The number of sulfone groups is 1. The number of carbonyl (C=O) groups is 2. The maximum absolute atomic E-state index is 15.2. The zero-order valence-corrected chi connectivity index (χ0v) is 22.0. The summed E-state index contributed by atoms with van der Waals surface area (Å²) in [5, 5.41) is 10.8. The van der Waals surface area contributed by atoms with Gasteiger partial charge in [-0.05, 0) is 48.9 Å². The van der Waals surface area contributed by atoms with Gasteiger partial charge in [-0.1, -0.05) is 29.4 Å². The summed E-state index contributed by atoms with van der Waals surface area (Å²) in [5.74, 6) is -2.34. The molecule has 3 aromatic carbocycles. The lowest BCUT2D eigenvalue weighted by Crippen LogP contribution is -2.21. The number of benzene rings is 3. The Balaban J connectivity index is 1.53. The summed E-state index contributed by atoms with van der Waals surface area (Å²) in [6.07, 6.45) is 2.24. The molecule has 13 heteroatoms. The van der Waals surface area contributed by atoms with E-state index in [1.807, 2.05) is 0 Å². The van der Waals surface area contributed by atoms with Gasteiger partial charge in [0.05, 0.1) is 34.5 Å². The minimum Gasteiger partial charge on any atom is -0.462 e. The zero-order chi connectivity index (χ0) is 28.6. The van der Waals surface area contributed by atoms with Gasteiger partial charge in [-0.2, -0.15) is 5.10 Å².